The fourth-order valence-corrected chi connectivity index (χ4v) is 5.17. The van der Waals surface area contributed by atoms with Crippen LogP contribution in [0.5, 0.6) is 0 Å². The minimum atomic E-state index is -1.21. The summed E-state index contributed by atoms with van der Waals surface area (Å²) in [6, 6.07) is 11.1. The highest BCUT2D eigenvalue weighted by Crippen LogP contribution is 2.15. The van der Waals surface area contributed by atoms with E-state index in [2.05, 4.69) is 26.3 Å². The molecule has 0 saturated carbocycles. The topological polar surface area (TPSA) is 179 Å². The van der Waals surface area contributed by atoms with Crippen LogP contribution in [0.2, 0.25) is 0 Å². The number of aliphatic hydroxyl groups excluding tert-OH is 2. The Balaban J connectivity index is 2.18. The standard InChI is InChI=1S/C36H55N5O7/c1-7-25(6)31(21-42)38-33(44)20-32(43)28(17-23(2)3)39-34(45)29(18-24(4)5)40-35(46)30(19-27-15-11-12-16-37-27)41-36(47)48-22-26-13-9-8-10-14-26/h8-16,23-25,28-32,42-43H,7,17-22H2,1-6H3,(H,38,44)(H,39,45)(H,40,46)(H,41,47)/t25-,28-,29-,30-,31+,32-/m0/s1. The molecule has 0 spiro atoms. The van der Waals surface area contributed by atoms with Gasteiger partial charge in [0, 0.05) is 18.3 Å². The molecule has 1 aromatic carbocycles. The Morgan fingerprint density at radius 3 is 2.02 bits per heavy atom. The van der Waals surface area contributed by atoms with Crippen LogP contribution in [0.3, 0.4) is 0 Å². The summed E-state index contributed by atoms with van der Waals surface area (Å²) in [5, 5.41) is 31.9. The Labute approximate surface area is 284 Å². The monoisotopic (exact) mass is 669 g/mol. The minimum absolute atomic E-state index is 0.00862. The van der Waals surface area contributed by atoms with Gasteiger partial charge in [-0.05, 0) is 48.3 Å². The smallest absolute Gasteiger partial charge is 0.408 e. The van der Waals surface area contributed by atoms with E-state index in [-0.39, 0.29) is 50.2 Å². The van der Waals surface area contributed by atoms with Crippen molar-refractivity contribution in [1.82, 2.24) is 26.3 Å². The molecule has 0 unspecified atom stereocenters. The second-order valence-corrected chi connectivity index (χ2v) is 13.2. The highest BCUT2D eigenvalue weighted by molar-refractivity contribution is 5.91. The van der Waals surface area contributed by atoms with Crippen molar-refractivity contribution >= 4 is 23.8 Å². The van der Waals surface area contributed by atoms with E-state index in [1.165, 1.54) is 0 Å². The number of nitrogens with zero attached hydrogens (tertiary/aromatic N) is 1. The SMILES string of the molecule is CC[C@H](C)[C@@H](CO)NC(=O)C[C@H](O)[C@H](CC(C)C)NC(=O)[C@H](CC(C)C)NC(=O)[C@H](Cc1ccccn1)NC(=O)OCc1ccccc1. The summed E-state index contributed by atoms with van der Waals surface area (Å²) in [7, 11) is 0. The number of aliphatic hydroxyl groups is 2. The lowest BCUT2D eigenvalue weighted by atomic mass is 9.95. The molecule has 266 valence electrons. The van der Waals surface area contributed by atoms with Gasteiger partial charge in [-0.25, -0.2) is 4.79 Å². The number of rotatable bonds is 20. The quantitative estimate of drug-likeness (QED) is 0.124. The van der Waals surface area contributed by atoms with Gasteiger partial charge in [-0.3, -0.25) is 19.4 Å². The zero-order valence-electron chi connectivity index (χ0n) is 29.1. The van der Waals surface area contributed by atoms with Gasteiger partial charge in [-0.1, -0.05) is 84.4 Å². The maximum Gasteiger partial charge on any atom is 0.408 e. The number of hydrogen-bond donors (Lipinski definition) is 6. The van der Waals surface area contributed by atoms with Crippen LogP contribution in [-0.2, 0) is 32.1 Å². The van der Waals surface area contributed by atoms with Crippen molar-refractivity contribution in [2.24, 2.45) is 17.8 Å². The van der Waals surface area contributed by atoms with E-state index in [1.54, 1.807) is 24.4 Å². The van der Waals surface area contributed by atoms with Crippen molar-refractivity contribution < 1.29 is 34.1 Å². The van der Waals surface area contributed by atoms with Crippen LogP contribution < -0.4 is 21.3 Å². The maximum absolute atomic E-state index is 13.7. The number of carbonyl (C=O) groups excluding carboxylic acids is 4. The van der Waals surface area contributed by atoms with E-state index >= 15 is 0 Å². The number of benzene rings is 1. The molecule has 0 aliphatic heterocycles. The zero-order valence-corrected chi connectivity index (χ0v) is 29.1. The third kappa shape index (κ3) is 14.8. The van der Waals surface area contributed by atoms with Gasteiger partial charge in [-0.15, -0.1) is 0 Å². The normalized spacial score (nSPS) is 15.0. The first kappa shape index (κ1) is 40.1. The molecule has 0 aliphatic rings. The van der Waals surface area contributed by atoms with Gasteiger partial charge in [-0.2, -0.15) is 0 Å². The summed E-state index contributed by atoms with van der Waals surface area (Å²) in [4.78, 5) is 57.3. The average Bonchev–Trinajstić information content (AvgIpc) is 3.05. The molecule has 0 radical (unpaired) electrons. The van der Waals surface area contributed by atoms with E-state index in [4.69, 9.17) is 4.74 Å². The van der Waals surface area contributed by atoms with Gasteiger partial charge in [0.2, 0.25) is 17.7 Å². The Morgan fingerprint density at radius 2 is 1.44 bits per heavy atom. The van der Waals surface area contributed by atoms with Crippen LogP contribution in [0.4, 0.5) is 4.79 Å². The predicted molar refractivity (Wildman–Crippen MR) is 183 cm³/mol. The molecule has 0 bridgehead atoms. The van der Waals surface area contributed by atoms with Crippen molar-refractivity contribution in [2.75, 3.05) is 6.61 Å². The number of nitrogens with one attached hydrogen (secondary N) is 4. The summed E-state index contributed by atoms with van der Waals surface area (Å²) in [6.07, 6.45) is 0.790. The second kappa shape index (κ2) is 21.0. The molecule has 0 saturated heterocycles. The molecule has 12 nitrogen and oxygen atoms in total. The fraction of sp³-hybridized carbons (Fsp3) is 0.583. The molecule has 2 aromatic rings. The molecule has 12 heteroatoms. The lowest BCUT2D eigenvalue weighted by Crippen LogP contribution is -2.57. The Bertz CT molecular complexity index is 1260. The van der Waals surface area contributed by atoms with Crippen molar-refractivity contribution in [1.29, 1.82) is 0 Å². The summed E-state index contributed by atoms with van der Waals surface area (Å²) in [6.45, 7) is 11.4. The highest BCUT2D eigenvalue weighted by Gasteiger charge is 2.32. The molecule has 1 aromatic heterocycles. The number of ether oxygens (including phenoxy) is 1. The fourth-order valence-electron chi connectivity index (χ4n) is 5.17. The molecule has 1 heterocycles. The summed E-state index contributed by atoms with van der Waals surface area (Å²) >= 11 is 0. The number of amides is 4. The van der Waals surface area contributed by atoms with Gasteiger partial charge >= 0.3 is 6.09 Å². The van der Waals surface area contributed by atoms with Crippen LogP contribution in [0.25, 0.3) is 0 Å². The van der Waals surface area contributed by atoms with Crippen molar-refractivity contribution in [3.8, 4) is 0 Å². The predicted octanol–water partition coefficient (Wildman–Crippen LogP) is 3.26. The molecule has 0 aliphatic carbocycles. The van der Waals surface area contributed by atoms with E-state index in [0.29, 0.717) is 12.1 Å². The molecular weight excluding hydrogens is 614 g/mol. The first-order chi connectivity index (χ1) is 22.8. The molecule has 6 atom stereocenters. The first-order valence-corrected chi connectivity index (χ1v) is 16.9. The van der Waals surface area contributed by atoms with E-state index in [0.717, 1.165) is 12.0 Å². The molecule has 2 rings (SSSR count). The van der Waals surface area contributed by atoms with Gasteiger partial charge in [0.25, 0.3) is 0 Å². The van der Waals surface area contributed by atoms with Crippen molar-refractivity contribution in [2.45, 2.75) is 111 Å². The van der Waals surface area contributed by atoms with Crippen molar-refractivity contribution in [3.05, 3.63) is 66.0 Å². The molecule has 6 N–H and O–H groups in total. The summed E-state index contributed by atoms with van der Waals surface area (Å²) in [5.41, 5.74) is 1.34. The third-order valence-electron chi connectivity index (χ3n) is 8.09. The van der Waals surface area contributed by atoms with Gasteiger partial charge in [0.15, 0.2) is 0 Å². The number of hydrogen-bond acceptors (Lipinski definition) is 8. The van der Waals surface area contributed by atoms with Gasteiger partial charge in [0.1, 0.15) is 18.7 Å². The van der Waals surface area contributed by atoms with Gasteiger partial charge < -0.3 is 36.2 Å². The number of carbonyl (C=O) groups is 4. The van der Waals surface area contributed by atoms with Crippen LogP contribution in [-0.4, -0.2) is 75.9 Å². The van der Waals surface area contributed by atoms with Crippen molar-refractivity contribution in [3.63, 3.8) is 0 Å². The molecule has 0 fully saturated rings. The van der Waals surface area contributed by atoms with Crippen LogP contribution in [0.1, 0.15) is 78.5 Å². The van der Waals surface area contributed by atoms with E-state index < -0.39 is 54.1 Å². The largest absolute Gasteiger partial charge is 0.445 e. The molecular formula is C36H55N5O7. The summed E-state index contributed by atoms with van der Waals surface area (Å²) < 4.78 is 5.36. The lowest BCUT2D eigenvalue weighted by molar-refractivity contribution is -0.132. The average molecular weight is 670 g/mol. The third-order valence-corrected chi connectivity index (χ3v) is 8.09. The van der Waals surface area contributed by atoms with Crippen LogP contribution >= 0.6 is 0 Å². The molecule has 4 amide bonds. The van der Waals surface area contributed by atoms with E-state index in [1.807, 2.05) is 71.9 Å². The first-order valence-electron chi connectivity index (χ1n) is 16.9. The highest BCUT2D eigenvalue weighted by atomic mass is 16.5. The number of pyridine rings is 1. The number of alkyl carbamates (subject to hydrolysis) is 1. The van der Waals surface area contributed by atoms with E-state index in [9.17, 15) is 29.4 Å². The lowest BCUT2D eigenvalue weighted by Gasteiger charge is -2.30. The Kier molecular flexibility index (Phi) is 17.6. The Morgan fingerprint density at radius 1 is 0.792 bits per heavy atom. The van der Waals surface area contributed by atoms with Crippen LogP contribution in [0.15, 0.2) is 54.7 Å². The minimum Gasteiger partial charge on any atom is -0.445 e. The summed E-state index contributed by atoms with van der Waals surface area (Å²) in [5.74, 6) is -1.42. The maximum atomic E-state index is 13.7. The Hall–Kier alpha value is -4.03. The molecule has 48 heavy (non-hydrogen) atoms. The zero-order chi connectivity index (χ0) is 35.6. The van der Waals surface area contributed by atoms with Crippen LogP contribution in [0, 0.1) is 17.8 Å². The van der Waals surface area contributed by atoms with Gasteiger partial charge in [0.05, 0.1) is 31.2 Å². The number of aromatic nitrogens is 1. The second-order valence-electron chi connectivity index (χ2n) is 13.2.